The number of aromatic amines is 1. The van der Waals surface area contributed by atoms with Gasteiger partial charge in [-0.2, -0.15) is 0 Å². The summed E-state index contributed by atoms with van der Waals surface area (Å²) < 4.78 is 0. The molecule has 0 bridgehead atoms. The van der Waals surface area contributed by atoms with E-state index in [1.807, 2.05) is 6.07 Å². The van der Waals surface area contributed by atoms with Gasteiger partial charge in [0.1, 0.15) is 5.69 Å². The van der Waals surface area contributed by atoms with Crippen LogP contribution in [0.2, 0.25) is 0 Å². The number of amides is 1. The molecular formula is C20H27N3O. The number of nitrogens with zero attached hydrogens (tertiary/aromatic N) is 2. The van der Waals surface area contributed by atoms with Gasteiger partial charge in [-0.25, -0.2) is 0 Å². The number of piperidine rings is 1. The number of likely N-dealkylation sites (tertiary alicyclic amines) is 2. The summed E-state index contributed by atoms with van der Waals surface area (Å²) in [5.74, 6) is 0.170. The van der Waals surface area contributed by atoms with E-state index in [0.717, 1.165) is 42.5 Å². The molecule has 4 heteroatoms. The van der Waals surface area contributed by atoms with Crippen molar-refractivity contribution in [2.75, 3.05) is 26.2 Å². The lowest BCUT2D eigenvalue weighted by molar-refractivity contribution is 0.0685. The van der Waals surface area contributed by atoms with Crippen LogP contribution in [0.4, 0.5) is 0 Å². The molecule has 0 radical (unpaired) electrons. The molecule has 128 valence electrons. The van der Waals surface area contributed by atoms with E-state index in [1.165, 1.54) is 37.9 Å². The Balaban J connectivity index is 1.50. The average molecular weight is 325 g/mol. The highest BCUT2D eigenvalue weighted by molar-refractivity contribution is 5.98. The highest BCUT2D eigenvalue weighted by atomic mass is 16.2. The maximum absolute atomic E-state index is 13.0. The first kappa shape index (κ1) is 15.7. The van der Waals surface area contributed by atoms with Crippen molar-refractivity contribution in [3.05, 3.63) is 35.5 Å². The van der Waals surface area contributed by atoms with Gasteiger partial charge in [0.2, 0.25) is 0 Å². The Morgan fingerprint density at radius 3 is 2.79 bits per heavy atom. The molecule has 2 fully saturated rings. The molecule has 3 heterocycles. The van der Waals surface area contributed by atoms with Crippen LogP contribution in [0.25, 0.3) is 10.9 Å². The number of carbonyl (C=O) groups is 1. The number of fused-ring (bicyclic) bond motifs is 1. The number of nitrogens with one attached hydrogen (secondary N) is 1. The Morgan fingerprint density at radius 1 is 1.12 bits per heavy atom. The van der Waals surface area contributed by atoms with Gasteiger partial charge in [-0.15, -0.1) is 0 Å². The molecule has 2 aliphatic rings. The first-order valence-corrected chi connectivity index (χ1v) is 9.33. The van der Waals surface area contributed by atoms with E-state index in [0.29, 0.717) is 6.04 Å². The van der Waals surface area contributed by atoms with Crippen molar-refractivity contribution >= 4 is 16.8 Å². The van der Waals surface area contributed by atoms with Crippen LogP contribution in [0.15, 0.2) is 24.3 Å². The van der Waals surface area contributed by atoms with Crippen LogP contribution in [-0.4, -0.2) is 52.9 Å². The van der Waals surface area contributed by atoms with Crippen LogP contribution in [0, 0.1) is 6.92 Å². The van der Waals surface area contributed by atoms with E-state index in [2.05, 4.69) is 39.9 Å². The third kappa shape index (κ3) is 3.07. The molecule has 2 aliphatic heterocycles. The van der Waals surface area contributed by atoms with Gasteiger partial charge in [0, 0.05) is 30.0 Å². The molecule has 24 heavy (non-hydrogen) atoms. The summed E-state index contributed by atoms with van der Waals surface area (Å²) in [6.07, 6.45) is 6.24. The van der Waals surface area contributed by atoms with E-state index in [-0.39, 0.29) is 5.91 Å². The number of H-pyrrole nitrogens is 1. The molecule has 1 aromatic heterocycles. The fourth-order valence-electron chi connectivity index (χ4n) is 4.24. The second-order valence-electron chi connectivity index (χ2n) is 7.43. The van der Waals surface area contributed by atoms with Crippen molar-refractivity contribution in [3.63, 3.8) is 0 Å². The zero-order chi connectivity index (χ0) is 16.5. The number of benzene rings is 1. The van der Waals surface area contributed by atoms with Crippen molar-refractivity contribution in [3.8, 4) is 0 Å². The summed E-state index contributed by atoms with van der Waals surface area (Å²) in [5, 5.41) is 1.12. The lowest BCUT2D eigenvalue weighted by Gasteiger charge is -2.32. The lowest BCUT2D eigenvalue weighted by atomic mass is 10.1. The van der Waals surface area contributed by atoms with E-state index in [4.69, 9.17) is 0 Å². The Bertz CT molecular complexity index is 730. The number of rotatable bonds is 3. The molecule has 4 nitrogen and oxygen atoms in total. The van der Waals surface area contributed by atoms with Gasteiger partial charge in [0.05, 0.1) is 0 Å². The first-order valence-electron chi connectivity index (χ1n) is 9.33. The summed E-state index contributed by atoms with van der Waals surface area (Å²) in [4.78, 5) is 21.0. The van der Waals surface area contributed by atoms with Crippen molar-refractivity contribution in [1.82, 2.24) is 14.8 Å². The van der Waals surface area contributed by atoms with Crippen LogP contribution >= 0.6 is 0 Å². The quantitative estimate of drug-likeness (QED) is 0.937. The number of aryl methyl sites for hydroxylation is 1. The lowest BCUT2D eigenvalue weighted by Crippen LogP contribution is -2.44. The predicted octanol–water partition coefficient (Wildman–Crippen LogP) is 3.57. The molecule has 0 spiro atoms. The van der Waals surface area contributed by atoms with E-state index in [1.54, 1.807) is 0 Å². The molecule has 1 aromatic carbocycles. The summed E-state index contributed by atoms with van der Waals surface area (Å²) >= 11 is 0. The second kappa shape index (κ2) is 6.60. The number of hydrogen-bond donors (Lipinski definition) is 1. The van der Waals surface area contributed by atoms with E-state index < -0.39 is 0 Å². The molecule has 1 amide bonds. The summed E-state index contributed by atoms with van der Waals surface area (Å²) in [6, 6.07) is 8.69. The maximum atomic E-state index is 13.0. The minimum absolute atomic E-state index is 0.170. The van der Waals surface area contributed by atoms with Crippen LogP contribution in [0.3, 0.4) is 0 Å². The highest BCUT2D eigenvalue weighted by Crippen LogP contribution is 2.24. The summed E-state index contributed by atoms with van der Waals surface area (Å²) in [7, 11) is 0. The summed E-state index contributed by atoms with van der Waals surface area (Å²) in [5.41, 5.74) is 3.01. The third-order valence-corrected chi connectivity index (χ3v) is 5.56. The van der Waals surface area contributed by atoms with Gasteiger partial charge in [-0.3, -0.25) is 4.79 Å². The van der Waals surface area contributed by atoms with Gasteiger partial charge in [-0.1, -0.05) is 18.6 Å². The molecule has 0 aliphatic carbocycles. The first-order chi connectivity index (χ1) is 11.7. The van der Waals surface area contributed by atoms with Crippen molar-refractivity contribution in [2.24, 2.45) is 0 Å². The van der Waals surface area contributed by atoms with E-state index in [9.17, 15) is 4.79 Å². The average Bonchev–Trinajstić information content (AvgIpc) is 3.21. The van der Waals surface area contributed by atoms with Crippen LogP contribution < -0.4 is 0 Å². The molecule has 0 saturated carbocycles. The molecule has 1 unspecified atom stereocenters. The zero-order valence-electron chi connectivity index (χ0n) is 14.6. The van der Waals surface area contributed by atoms with Gasteiger partial charge < -0.3 is 14.8 Å². The molecular weight excluding hydrogens is 298 g/mol. The minimum atomic E-state index is 0.170. The van der Waals surface area contributed by atoms with Crippen molar-refractivity contribution in [1.29, 1.82) is 0 Å². The van der Waals surface area contributed by atoms with Gasteiger partial charge >= 0.3 is 0 Å². The topological polar surface area (TPSA) is 39.3 Å². The Hall–Kier alpha value is -1.81. The Kier molecular flexibility index (Phi) is 4.31. The monoisotopic (exact) mass is 325 g/mol. The van der Waals surface area contributed by atoms with Crippen LogP contribution in [-0.2, 0) is 0 Å². The maximum Gasteiger partial charge on any atom is 0.270 e. The smallest absolute Gasteiger partial charge is 0.270 e. The number of aromatic nitrogens is 1. The van der Waals surface area contributed by atoms with Gasteiger partial charge in [0.25, 0.3) is 5.91 Å². The Labute approximate surface area is 143 Å². The third-order valence-electron chi connectivity index (χ3n) is 5.56. The number of carbonyl (C=O) groups excluding carboxylic acids is 1. The molecule has 4 rings (SSSR count). The normalized spacial score (nSPS) is 22.4. The van der Waals surface area contributed by atoms with Crippen molar-refractivity contribution < 1.29 is 4.79 Å². The SMILES string of the molecule is Cc1ccc2cc(C(=O)N3CCCC3CN3CCCCC3)[nH]c2c1. The minimum Gasteiger partial charge on any atom is -0.351 e. The molecule has 2 saturated heterocycles. The Morgan fingerprint density at radius 2 is 1.96 bits per heavy atom. The molecule has 1 N–H and O–H groups in total. The second-order valence-corrected chi connectivity index (χ2v) is 7.43. The summed E-state index contributed by atoms with van der Waals surface area (Å²) in [6.45, 7) is 6.42. The van der Waals surface area contributed by atoms with Crippen molar-refractivity contribution in [2.45, 2.75) is 45.1 Å². The van der Waals surface area contributed by atoms with Crippen LogP contribution in [0.5, 0.6) is 0 Å². The molecule has 1 atom stereocenters. The fraction of sp³-hybridized carbons (Fsp3) is 0.550. The van der Waals surface area contributed by atoms with Gasteiger partial charge in [-0.05, 0) is 63.4 Å². The fourth-order valence-corrected chi connectivity index (χ4v) is 4.24. The number of hydrogen-bond acceptors (Lipinski definition) is 2. The highest BCUT2D eigenvalue weighted by Gasteiger charge is 2.31. The largest absolute Gasteiger partial charge is 0.351 e. The van der Waals surface area contributed by atoms with Gasteiger partial charge in [0.15, 0.2) is 0 Å². The zero-order valence-corrected chi connectivity index (χ0v) is 14.6. The molecule has 2 aromatic rings. The standard InChI is InChI=1S/C20H27N3O/c1-15-7-8-16-13-19(21-18(16)12-15)20(24)23-11-5-6-17(23)14-22-9-3-2-4-10-22/h7-8,12-13,17,21H,2-6,9-11,14H2,1H3. The van der Waals surface area contributed by atoms with Crippen LogP contribution in [0.1, 0.15) is 48.2 Å². The van der Waals surface area contributed by atoms with E-state index >= 15 is 0 Å². The predicted molar refractivity (Wildman–Crippen MR) is 97.4 cm³/mol.